The van der Waals surface area contributed by atoms with Crippen LogP contribution in [-0.2, 0) is 19.1 Å². The highest BCUT2D eigenvalue weighted by atomic mass is 32.1. The van der Waals surface area contributed by atoms with Crippen molar-refractivity contribution in [3.8, 4) is 0 Å². The van der Waals surface area contributed by atoms with Gasteiger partial charge in [-0.1, -0.05) is 30.3 Å². The molecule has 2 aromatic carbocycles. The van der Waals surface area contributed by atoms with Crippen LogP contribution in [-0.4, -0.2) is 35.9 Å². The Bertz CT molecular complexity index is 1060. The maximum absolute atomic E-state index is 12.8. The minimum absolute atomic E-state index is 0.130. The van der Waals surface area contributed by atoms with Gasteiger partial charge in [0.05, 0.1) is 17.9 Å². The Hall–Kier alpha value is -3.52. The lowest BCUT2D eigenvalue weighted by molar-refractivity contribution is -0.148. The van der Waals surface area contributed by atoms with Crippen molar-refractivity contribution in [1.82, 2.24) is 4.98 Å². The topological polar surface area (TPSA) is 94.6 Å². The van der Waals surface area contributed by atoms with E-state index in [4.69, 9.17) is 9.47 Å². The highest BCUT2D eigenvalue weighted by Crippen LogP contribution is 2.24. The molecule has 0 radical (unpaired) electrons. The highest BCUT2D eigenvalue weighted by Gasteiger charge is 2.33. The van der Waals surface area contributed by atoms with Gasteiger partial charge in [-0.2, -0.15) is 0 Å². The summed E-state index contributed by atoms with van der Waals surface area (Å²) in [6, 6.07) is 16.2. The molecule has 3 rings (SSSR count). The Labute approximate surface area is 184 Å². The van der Waals surface area contributed by atoms with E-state index < -0.39 is 30.2 Å². The van der Waals surface area contributed by atoms with Gasteiger partial charge in [0, 0.05) is 16.8 Å². The first kappa shape index (κ1) is 22.2. The summed E-state index contributed by atoms with van der Waals surface area (Å²) >= 11 is 1.19. The van der Waals surface area contributed by atoms with Gasteiger partial charge in [0.1, 0.15) is 5.01 Å². The van der Waals surface area contributed by atoms with E-state index >= 15 is 0 Å². The first-order chi connectivity index (χ1) is 15.0. The number of nitrogens with one attached hydrogen (secondary N) is 1. The van der Waals surface area contributed by atoms with Crippen LogP contribution < -0.4 is 5.32 Å². The second-order valence-corrected chi connectivity index (χ2v) is 7.48. The second-order valence-electron chi connectivity index (χ2n) is 6.59. The maximum atomic E-state index is 12.8. The molecule has 0 bridgehead atoms. The van der Waals surface area contributed by atoms with Crippen LogP contribution in [0.3, 0.4) is 0 Å². The standard InChI is InChI=1S/C23H22N2O5S/c1-3-29-23(28)20(21-24-15(2)14-31-21)19(26)13-30-22(27)17-11-7-8-12-18(17)25-16-9-5-4-6-10-16/h4-12,14,20,25H,3,13H2,1-2H3. The number of benzene rings is 2. The van der Waals surface area contributed by atoms with Crippen LogP contribution in [0.1, 0.15) is 33.9 Å². The van der Waals surface area contributed by atoms with Gasteiger partial charge in [0.15, 0.2) is 18.3 Å². The van der Waals surface area contributed by atoms with Crippen molar-refractivity contribution in [3.63, 3.8) is 0 Å². The van der Waals surface area contributed by atoms with Crippen molar-refractivity contribution >= 4 is 40.4 Å². The fourth-order valence-electron chi connectivity index (χ4n) is 2.85. The molecule has 1 heterocycles. The number of anilines is 2. The molecule has 7 nitrogen and oxygen atoms in total. The molecule has 1 aromatic heterocycles. The molecule has 160 valence electrons. The largest absolute Gasteiger partial charge is 0.465 e. The third kappa shape index (κ3) is 5.76. The van der Waals surface area contributed by atoms with Crippen LogP contribution in [0.25, 0.3) is 0 Å². The van der Waals surface area contributed by atoms with Crippen LogP contribution in [0, 0.1) is 6.92 Å². The van der Waals surface area contributed by atoms with E-state index in [0.717, 1.165) is 5.69 Å². The lowest BCUT2D eigenvalue weighted by atomic mass is 10.1. The molecule has 0 saturated carbocycles. The quantitative estimate of drug-likeness (QED) is 0.394. The van der Waals surface area contributed by atoms with E-state index in [1.807, 2.05) is 30.3 Å². The van der Waals surface area contributed by atoms with Crippen LogP contribution >= 0.6 is 11.3 Å². The zero-order chi connectivity index (χ0) is 22.2. The Morgan fingerprint density at radius 2 is 1.74 bits per heavy atom. The number of ketones is 1. The molecule has 8 heteroatoms. The summed E-state index contributed by atoms with van der Waals surface area (Å²) in [6.45, 7) is 2.98. The number of hydrogen-bond donors (Lipinski definition) is 1. The van der Waals surface area contributed by atoms with Gasteiger partial charge in [-0.15, -0.1) is 11.3 Å². The van der Waals surface area contributed by atoms with Crippen LogP contribution in [0.5, 0.6) is 0 Å². The number of carbonyl (C=O) groups excluding carboxylic acids is 3. The normalized spacial score (nSPS) is 11.4. The van der Waals surface area contributed by atoms with E-state index in [0.29, 0.717) is 16.4 Å². The number of esters is 2. The summed E-state index contributed by atoms with van der Waals surface area (Å²) in [6.07, 6.45) is 0. The summed E-state index contributed by atoms with van der Waals surface area (Å²) in [4.78, 5) is 42.0. The van der Waals surface area contributed by atoms with Crippen LogP contribution in [0.4, 0.5) is 11.4 Å². The van der Waals surface area contributed by atoms with Crippen molar-refractivity contribution in [2.75, 3.05) is 18.5 Å². The molecule has 0 aliphatic heterocycles. The number of carbonyl (C=O) groups is 3. The molecule has 3 aromatic rings. The molecule has 0 aliphatic rings. The second kappa shape index (κ2) is 10.5. The number of thiazole rings is 1. The van der Waals surface area contributed by atoms with E-state index in [1.54, 1.807) is 43.5 Å². The molecule has 0 aliphatic carbocycles. The molecule has 1 N–H and O–H groups in total. The zero-order valence-electron chi connectivity index (χ0n) is 17.2. The Morgan fingerprint density at radius 1 is 1.03 bits per heavy atom. The van der Waals surface area contributed by atoms with Crippen LogP contribution in [0.2, 0.25) is 0 Å². The number of nitrogens with zero attached hydrogens (tertiary/aromatic N) is 1. The van der Waals surface area contributed by atoms with Gasteiger partial charge in [0.25, 0.3) is 0 Å². The van der Waals surface area contributed by atoms with Crippen molar-refractivity contribution in [2.45, 2.75) is 19.8 Å². The average molecular weight is 439 g/mol. The number of hydrogen-bond acceptors (Lipinski definition) is 8. The molecule has 0 amide bonds. The number of rotatable bonds is 9. The predicted molar refractivity (Wildman–Crippen MR) is 118 cm³/mol. The first-order valence-corrected chi connectivity index (χ1v) is 10.6. The van der Waals surface area contributed by atoms with Gasteiger partial charge >= 0.3 is 11.9 Å². The Morgan fingerprint density at radius 3 is 2.42 bits per heavy atom. The number of aryl methyl sites for hydroxylation is 1. The number of para-hydroxylation sites is 2. The Kier molecular flexibility index (Phi) is 7.50. The minimum Gasteiger partial charge on any atom is -0.465 e. The van der Waals surface area contributed by atoms with Gasteiger partial charge in [-0.25, -0.2) is 9.78 Å². The number of ether oxygens (including phenoxy) is 2. The van der Waals surface area contributed by atoms with Crippen molar-refractivity contribution in [1.29, 1.82) is 0 Å². The summed E-state index contributed by atoms with van der Waals surface area (Å²) < 4.78 is 10.3. The molecule has 0 saturated heterocycles. The lowest BCUT2D eigenvalue weighted by Crippen LogP contribution is -2.28. The van der Waals surface area contributed by atoms with E-state index in [1.165, 1.54) is 11.3 Å². The molecule has 0 spiro atoms. The molecule has 1 unspecified atom stereocenters. The molecular formula is C23H22N2O5S. The summed E-state index contributed by atoms with van der Waals surface area (Å²) in [5.41, 5.74) is 2.32. The molecule has 31 heavy (non-hydrogen) atoms. The fourth-order valence-corrected chi connectivity index (χ4v) is 3.75. The summed E-state index contributed by atoms with van der Waals surface area (Å²) in [7, 11) is 0. The van der Waals surface area contributed by atoms with Crippen molar-refractivity contribution < 1.29 is 23.9 Å². The lowest BCUT2D eigenvalue weighted by Gasteiger charge is -2.14. The van der Waals surface area contributed by atoms with Gasteiger partial charge in [-0.05, 0) is 38.1 Å². The Balaban J connectivity index is 1.72. The first-order valence-electron chi connectivity index (χ1n) is 9.69. The predicted octanol–water partition coefficient (Wildman–Crippen LogP) is 4.27. The monoisotopic (exact) mass is 438 g/mol. The third-order valence-corrected chi connectivity index (χ3v) is 5.30. The van der Waals surface area contributed by atoms with Crippen molar-refractivity contribution in [2.24, 2.45) is 0 Å². The molecule has 0 fully saturated rings. The SMILES string of the molecule is CCOC(=O)C(C(=O)COC(=O)c1ccccc1Nc1ccccc1)c1nc(C)cs1. The summed E-state index contributed by atoms with van der Waals surface area (Å²) in [5.74, 6) is -3.19. The maximum Gasteiger partial charge on any atom is 0.340 e. The number of Topliss-reactive ketones (excluding diaryl/α,β-unsaturated/α-hetero) is 1. The van der Waals surface area contributed by atoms with Gasteiger partial charge in [-0.3, -0.25) is 9.59 Å². The average Bonchev–Trinajstić information content (AvgIpc) is 3.19. The van der Waals surface area contributed by atoms with Crippen molar-refractivity contribution in [3.05, 3.63) is 76.2 Å². The highest BCUT2D eigenvalue weighted by molar-refractivity contribution is 7.10. The zero-order valence-corrected chi connectivity index (χ0v) is 18.0. The van der Waals surface area contributed by atoms with Gasteiger partial charge in [0.2, 0.25) is 0 Å². The van der Waals surface area contributed by atoms with E-state index in [-0.39, 0.29) is 12.2 Å². The van der Waals surface area contributed by atoms with E-state index in [2.05, 4.69) is 10.3 Å². The molecular weight excluding hydrogens is 416 g/mol. The minimum atomic E-state index is -1.22. The van der Waals surface area contributed by atoms with Crippen LogP contribution in [0.15, 0.2) is 60.0 Å². The fraction of sp³-hybridized carbons (Fsp3) is 0.217. The van der Waals surface area contributed by atoms with E-state index in [9.17, 15) is 14.4 Å². The smallest absolute Gasteiger partial charge is 0.340 e. The molecule has 1 atom stereocenters. The van der Waals surface area contributed by atoms with Gasteiger partial charge < -0.3 is 14.8 Å². The number of aromatic nitrogens is 1. The third-order valence-electron chi connectivity index (χ3n) is 4.27. The summed E-state index contributed by atoms with van der Waals surface area (Å²) in [5, 5.41) is 5.22.